The van der Waals surface area contributed by atoms with Crippen molar-refractivity contribution in [2.45, 2.75) is 13.8 Å². The van der Waals surface area contributed by atoms with E-state index in [-0.39, 0.29) is 0 Å². The molecule has 0 saturated heterocycles. The number of benzene rings is 2. The third-order valence-electron chi connectivity index (χ3n) is 4.01. The van der Waals surface area contributed by atoms with E-state index in [9.17, 15) is 4.79 Å². The highest BCUT2D eigenvalue weighted by Gasteiger charge is 2.16. The molecule has 28 heavy (non-hydrogen) atoms. The van der Waals surface area contributed by atoms with E-state index >= 15 is 0 Å². The minimum absolute atomic E-state index is 0.336. The fraction of sp³-hybridized carbons (Fsp3) is 0.150. The van der Waals surface area contributed by atoms with Crippen LogP contribution in [0.4, 0.5) is 0 Å². The molecule has 1 aromatic heterocycles. The number of hydrazone groups is 1. The first-order chi connectivity index (χ1) is 13.5. The van der Waals surface area contributed by atoms with Crippen molar-refractivity contribution in [3.05, 3.63) is 69.3 Å². The Kier molecular flexibility index (Phi) is 6.34. The van der Waals surface area contributed by atoms with Crippen LogP contribution in [-0.4, -0.2) is 28.9 Å². The standard InChI is InChI=1S/C20H18Cl2N4O2/c1-3-28-16-8-5-13(6-9-16)18-12(2)19(25-24-18)20(27)26-23-11-14-4-7-15(21)10-17(14)22/h4-11H,3H2,1-2H3,(H,24,25)(H,26,27)/b23-11-. The minimum Gasteiger partial charge on any atom is -0.494 e. The molecule has 0 fully saturated rings. The molecule has 1 heterocycles. The summed E-state index contributed by atoms with van der Waals surface area (Å²) in [4.78, 5) is 12.4. The van der Waals surface area contributed by atoms with Gasteiger partial charge in [0.15, 0.2) is 0 Å². The normalized spacial score (nSPS) is 11.0. The molecule has 0 aliphatic carbocycles. The number of nitrogens with zero attached hydrogens (tertiary/aromatic N) is 2. The van der Waals surface area contributed by atoms with Gasteiger partial charge in [0, 0.05) is 21.7 Å². The number of rotatable bonds is 6. The summed E-state index contributed by atoms with van der Waals surface area (Å²) < 4.78 is 5.44. The van der Waals surface area contributed by atoms with Gasteiger partial charge in [0.25, 0.3) is 5.91 Å². The van der Waals surface area contributed by atoms with Crippen LogP contribution in [0.2, 0.25) is 10.0 Å². The second kappa shape index (κ2) is 8.91. The van der Waals surface area contributed by atoms with Gasteiger partial charge < -0.3 is 4.74 Å². The lowest BCUT2D eigenvalue weighted by Gasteiger charge is -2.04. The molecule has 6 nitrogen and oxygen atoms in total. The molecule has 3 rings (SSSR count). The average Bonchev–Trinajstić information content (AvgIpc) is 3.06. The van der Waals surface area contributed by atoms with E-state index in [4.69, 9.17) is 27.9 Å². The maximum atomic E-state index is 12.4. The number of nitrogens with one attached hydrogen (secondary N) is 2. The van der Waals surface area contributed by atoms with E-state index in [1.54, 1.807) is 18.2 Å². The highest BCUT2D eigenvalue weighted by molar-refractivity contribution is 6.36. The topological polar surface area (TPSA) is 79.4 Å². The predicted octanol–water partition coefficient (Wildman–Crippen LogP) is 4.85. The second-order valence-corrected chi connectivity index (χ2v) is 6.74. The summed E-state index contributed by atoms with van der Waals surface area (Å²) in [6, 6.07) is 12.5. The summed E-state index contributed by atoms with van der Waals surface area (Å²) in [6.45, 7) is 4.36. The van der Waals surface area contributed by atoms with E-state index < -0.39 is 5.91 Å². The Hall–Kier alpha value is -2.83. The maximum absolute atomic E-state index is 12.4. The third kappa shape index (κ3) is 4.52. The molecule has 3 aromatic rings. The predicted molar refractivity (Wildman–Crippen MR) is 111 cm³/mol. The van der Waals surface area contributed by atoms with Crippen molar-refractivity contribution in [3.63, 3.8) is 0 Å². The zero-order valence-electron chi connectivity index (χ0n) is 15.3. The van der Waals surface area contributed by atoms with E-state index in [0.717, 1.165) is 16.9 Å². The van der Waals surface area contributed by atoms with Crippen molar-refractivity contribution in [2.24, 2.45) is 5.10 Å². The van der Waals surface area contributed by atoms with Crippen molar-refractivity contribution in [3.8, 4) is 17.0 Å². The fourth-order valence-electron chi connectivity index (χ4n) is 2.60. The maximum Gasteiger partial charge on any atom is 0.289 e. The van der Waals surface area contributed by atoms with Crippen molar-refractivity contribution in [1.82, 2.24) is 15.6 Å². The number of hydrogen-bond acceptors (Lipinski definition) is 4. The molecule has 1 amide bonds. The summed E-state index contributed by atoms with van der Waals surface area (Å²) in [5.74, 6) is 0.385. The lowest BCUT2D eigenvalue weighted by Crippen LogP contribution is -2.19. The second-order valence-electron chi connectivity index (χ2n) is 5.89. The molecule has 8 heteroatoms. The number of halogens is 2. The molecule has 0 bridgehead atoms. The number of carbonyl (C=O) groups is 1. The van der Waals surface area contributed by atoms with E-state index in [1.807, 2.05) is 38.1 Å². The Labute approximate surface area is 172 Å². The van der Waals surface area contributed by atoms with Crippen molar-refractivity contribution in [2.75, 3.05) is 6.61 Å². The van der Waals surface area contributed by atoms with E-state index in [2.05, 4.69) is 20.7 Å². The van der Waals surface area contributed by atoms with E-state index in [0.29, 0.717) is 33.6 Å². The zero-order chi connectivity index (χ0) is 20.1. The third-order valence-corrected chi connectivity index (χ3v) is 4.57. The Morgan fingerprint density at radius 3 is 2.68 bits per heavy atom. The first-order valence-electron chi connectivity index (χ1n) is 8.56. The molecule has 0 radical (unpaired) electrons. The monoisotopic (exact) mass is 416 g/mol. The van der Waals surface area contributed by atoms with Crippen LogP contribution in [0.15, 0.2) is 47.6 Å². The number of aromatic nitrogens is 2. The molecular formula is C20H18Cl2N4O2. The van der Waals surface area contributed by atoms with Gasteiger partial charge in [-0.2, -0.15) is 10.2 Å². The van der Waals surface area contributed by atoms with Gasteiger partial charge in [-0.25, -0.2) is 5.43 Å². The first-order valence-corrected chi connectivity index (χ1v) is 9.32. The van der Waals surface area contributed by atoms with Crippen LogP contribution in [0, 0.1) is 6.92 Å². The quantitative estimate of drug-likeness (QED) is 0.444. The van der Waals surface area contributed by atoms with Crippen molar-refractivity contribution in [1.29, 1.82) is 0 Å². The summed E-state index contributed by atoms with van der Waals surface area (Å²) in [7, 11) is 0. The van der Waals surface area contributed by atoms with Crippen LogP contribution in [-0.2, 0) is 0 Å². The molecule has 2 aromatic carbocycles. The van der Waals surface area contributed by atoms with E-state index in [1.165, 1.54) is 6.21 Å². The fourth-order valence-corrected chi connectivity index (χ4v) is 3.06. The van der Waals surface area contributed by atoms with Crippen LogP contribution in [0.1, 0.15) is 28.5 Å². The lowest BCUT2D eigenvalue weighted by molar-refractivity contribution is 0.0949. The SMILES string of the molecule is CCOc1ccc(-c2n[nH]c(C(=O)N/N=C\c3ccc(Cl)cc3Cl)c2C)cc1. The van der Waals surface area contributed by atoms with Gasteiger partial charge in [-0.15, -0.1) is 0 Å². The number of hydrogen-bond donors (Lipinski definition) is 2. The molecule has 144 valence electrons. The van der Waals surface area contributed by atoms with Gasteiger partial charge >= 0.3 is 0 Å². The van der Waals surface area contributed by atoms with Gasteiger partial charge in [-0.05, 0) is 50.2 Å². The number of amides is 1. The average molecular weight is 417 g/mol. The van der Waals surface area contributed by atoms with Crippen LogP contribution in [0.25, 0.3) is 11.3 Å². The summed E-state index contributed by atoms with van der Waals surface area (Å²) >= 11 is 11.9. The number of ether oxygens (including phenoxy) is 1. The van der Waals surface area contributed by atoms with Crippen molar-refractivity contribution < 1.29 is 9.53 Å². The first kappa shape index (κ1) is 19.9. The van der Waals surface area contributed by atoms with Crippen LogP contribution < -0.4 is 10.2 Å². The Morgan fingerprint density at radius 1 is 1.25 bits per heavy atom. The molecule has 2 N–H and O–H groups in total. The van der Waals surface area contributed by atoms with Gasteiger partial charge in [0.05, 0.1) is 23.5 Å². The Bertz CT molecular complexity index is 1010. The molecule has 0 aliphatic heterocycles. The van der Waals surface area contributed by atoms with Crippen molar-refractivity contribution >= 4 is 35.3 Å². The zero-order valence-corrected chi connectivity index (χ0v) is 16.8. The van der Waals surface area contributed by atoms with Gasteiger partial charge in [0.2, 0.25) is 0 Å². The molecule has 0 unspecified atom stereocenters. The molecule has 0 aliphatic rings. The highest BCUT2D eigenvalue weighted by atomic mass is 35.5. The molecule has 0 atom stereocenters. The smallest absolute Gasteiger partial charge is 0.289 e. The van der Waals surface area contributed by atoms with Crippen LogP contribution in [0.3, 0.4) is 0 Å². The number of H-pyrrole nitrogens is 1. The molecular weight excluding hydrogens is 399 g/mol. The van der Waals surface area contributed by atoms with Gasteiger partial charge in [-0.3, -0.25) is 9.89 Å². The van der Waals surface area contributed by atoms with Gasteiger partial charge in [-0.1, -0.05) is 29.3 Å². The van der Waals surface area contributed by atoms with Crippen LogP contribution in [0.5, 0.6) is 5.75 Å². The Balaban J connectivity index is 1.72. The lowest BCUT2D eigenvalue weighted by atomic mass is 10.1. The molecule has 0 spiro atoms. The largest absolute Gasteiger partial charge is 0.494 e. The summed E-state index contributed by atoms with van der Waals surface area (Å²) in [6.07, 6.45) is 1.45. The number of carbonyl (C=O) groups excluding carboxylic acids is 1. The van der Waals surface area contributed by atoms with Gasteiger partial charge in [0.1, 0.15) is 11.4 Å². The highest BCUT2D eigenvalue weighted by Crippen LogP contribution is 2.25. The molecule has 0 saturated carbocycles. The summed E-state index contributed by atoms with van der Waals surface area (Å²) in [5.41, 5.74) is 5.74. The number of aromatic amines is 1. The van der Waals surface area contributed by atoms with Crippen LogP contribution >= 0.6 is 23.2 Å². The minimum atomic E-state index is -0.400. The Morgan fingerprint density at radius 2 is 2.00 bits per heavy atom. The summed E-state index contributed by atoms with van der Waals surface area (Å²) in [5, 5.41) is 11.9.